The first-order valence-electron chi connectivity index (χ1n) is 9.80. The van der Waals surface area contributed by atoms with Crippen LogP contribution in [0.2, 0.25) is 0 Å². The van der Waals surface area contributed by atoms with E-state index in [4.69, 9.17) is 4.98 Å². The Balaban J connectivity index is 1.82. The van der Waals surface area contributed by atoms with Crippen molar-refractivity contribution in [3.63, 3.8) is 0 Å². The first kappa shape index (κ1) is 20.1. The molecule has 1 amide bonds. The van der Waals surface area contributed by atoms with Gasteiger partial charge in [0.2, 0.25) is 5.91 Å². The number of fused-ring (bicyclic) bond motifs is 1. The minimum atomic E-state index is 0.0490. The molecule has 0 aliphatic carbocycles. The summed E-state index contributed by atoms with van der Waals surface area (Å²) in [5, 5.41) is 10.7. The Morgan fingerprint density at radius 1 is 1.03 bits per heavy atom. The van der Waals surface area contributed by atoms with Gasteiger partial charge in [0.15, 0.2) is 11.0 Å². The van der Waals surface area contributed by atoms with Crippen LogP contribution in [-0.2, 0) is 11.3 Å². The van der Waals surface area contributed by atoms with Gasteiger partial charge in [0.25, 0.3) is 0 Å². The average Bonchev–Trinajstić information content (AvgIpc) is 3.19. The zero-order chi connectivity index (χ0) is 21.1. The van der Waals surface area contributed by atoms with E-state index >= 15 is 0 Å². The highest BCUT2D eigenvalue weighted by Gasteiger charge is 2.18. The van der Waals surface area contributed by atoms with Gasteiger partial charge in [-0.25, -0.2) is 4.98 Å². The van der Waals surface area contributed by atoms with Crippen LogP contribution in [-0.4, -0.2) is 50.4 Å². The molecule has 7 heteroatoms. The van der Waals surface area contributed by atoms with Crippen molar-refractivity contribution in [1.29, 1.82) is 0 Å². The molecular weight excluding hydrogens is 394 g/mol. The molecular formula is C23H23N5OS. The van der Waals surface area contributed by atoms with Crippen LogP contribution in [0.3, 0.4) is 0 Å². The predicted molar refractivity (Wildman–Crippen MR) is 121 cm³/mol. The molecule has 0 saturated heterocycles. The lowest BCUT2D eigenvalue weighted by Crippen LogP contribution is -2.23. The average molecular weight is 418 g/mol. The summed E-state index contributed by atoms with van der Waals surface area (Å²) < 4.78 is 2.06. The molecule has 6 nitrogen and oxygen atoms in total. The fourth-order valence-corrected chi connectivity index (χ4v) is 4.23. The number of pyridine rings is 1. The van der Waals surface area contributed by atoms with E-state index in [0.717, 1.165) is 38.7 Å². The lowest BCUT2D eigenvalue weighted by atomic mass is 10.0. The number of benzene rings is 2. The van der Waals surface area contributed by atoms with Crippen LogP contribution in [0.1, 0.15) is 6.92 Å². The third-order valence-electron chi connectivity index (χ3n) is 4.88. The zero-order valence-corrected chi connectivity index (χ0v) is 18.1. The second kappa shape index (κ2) is 8.67. The third kappa shape index (κ3) is 3.93. The van der Waals surface area contributed by atoms with Crippen LogP contribution in [0.4, 0.5) is 0 Å². The molecule has 4 rings (SSSR count). The van der Waals surface area contributed by atoms with Crippen molar-refractivity contribution in [2.24, 2.45) is 0 Å². The van der Waals surface area contributed by atoms with Crippen molar-refractivity contribution in [3.8, 4) is 22.6 Å². The summed E-state index contributed by atoms with van der Waals surface area (Å²) in [5.41, 5.74) is 3.85. The number of rotatable bonds is 6. The van der Waals surface area contributed by atoms with E-state index in [1.807, 2.05) is 36.4 Å². The zero-order valence-electron chi connectivity index (χ0n) is 17.2. The second-order valence-electron chi connectivity index (χ2n) is 7.07. The third-order valence-corrected chi connectivity index (χ3v) is 5.83. The molecule has 0 spiro atoms. The number of aromatic nitrogens is 4. The molecule has 0 radical (unpaired) electrons. The van der Waals surface area contributed by atoms with Crippen molar-refractivity contribution in [3.05, 3.63) is 60.7 Å². The molecule has 2 heterocycles. The lowest BCUT2D eigenvalue weighted by Gasteiger charge is -2.12. The minimum absolute atomic E-state index is 0.0490. The van der Waals surface area contributed by atoms with Crippen LogP contribution in [0.25, 0.3) is 33.5 Å². The summed E-state index contributed by atoms with van der Waals surface area (Å²) in [6.07, 6.45) is 0. The van der Waals surface area contributed by atoms with Gasteiger partial charge < -0.3 is 9.47 Å². The summed E-state index contributed by atoms with van der Waals surface area (Å²) in [7, 11) is 3.51. The number of carbonyl (C=O) groups excluding carboxylic acids is 1. The molecule has 2 aromatic heterocycles. The number of amides is 1. The Morgan fingerprint density at radius 2 is 1.77 bits per heavy atom. The normalized spacial score (nSPS) is 11.0. The van der Waals surface area contributed by atoms with Gasteiger partial charge in [0, 0.05) is 37.2 Å². The van der Waals surface area contributed by atoms with Crippen LogP contribution in [0, 0.1) is 0 Å². The molecule has 152 valence electrons. The van der Waals surface area contributed by atoms with Gasteiger partial charge in [-0.15, -0.1) is 10.2 Å². The number of nitrogens with zero attached hydrogens (tertiary/aromatic N) is 5. The molecule has 0 bridgehead atoms. The van der Waals surface area contributed by atoms with Gasteiger partial charge in [0.1, 0.15) is 0 Å². The van der Waals surface area contributed by atoms with Gasteiger partial charge in [-0.3, -0.25) is 4.79 Å². The lowest BCUT2D eigenvalue weighted by molar-refractivity contribution is -0.125. The Kier molecular flexibility index (Phi) is 5.81. The maximum Gasteiger partial charge on any atom is 0.232 e. The molecule has 0 saturated carbocycles. The van der Waals surface area contributed by atoms with Gasteiger partial charge in [-0.1, -0.05) is 60.3 Å². The van der Waals surface area contributed by atoms with Gasteiger partial charge >= 0.3 is 0 Å². The molecule has 0 unspecified atom stereocenters. The van der Waals surface area contributed by atoms with Gasteiger partial charge in [0.05, 0.1) is 17.0 Å². The van der Waals surface area contributed by atoms with Crippen molar-refractivity contribution < 1.29 is 4.79 Å². The summed E-state index contributed by atoms with van der Waals surface area (Å²) in [6.45, 7) is 2.77. The summed E-state index contributed by atoms with van der Waals surface area (Å²) in [6, 6.07) is 20.3. The van der Waals surface area contributed by atoms with E-state index in [-0.39, 0.29) is 5.91 Å². The standard InChI is InChI=1S/C23H23N5OS/c1-4-28-22(25-26-23(28)30-15-21(29)27(2)3)18-14-20(16-10-6-5-7-11-16)24-19-13-9-8-12-17(18)19/h5-14H,4,15H2,1-3H3. The van der Waals surface area contributed by atoms with E-state index < -0.39 is 0 Å². The highest BCUT2D eigenvalue weighted by atomic mass is 32.2. The Labute approximate surface area is 180 Å². The van der Waals surface area contributed by atoms with Crippen LogP contribution in [0.5, 0.6) is 0 Å². The number of thioether (sulfide) groups is 1. The van der Waals surface area contributed by atoms with E-state index in [1.54, 1.807) is 19.0 Å². The highest BCUT2D eigenvalue weighted by molar-refractivity contribution is 7.99. The molecule has 0 atom stereocenters. The first-order chi connectivity index (χ1) is 14.6. The van der Waals surface area contributed by atoms with Crippen LogP contribution >= 0.6 is 11.8 Å². The molecule has 0 fully saturated rings. The number of hydrogen-bond acceptors (Lipinski definition) is 5. The van der Waals surface area contributed by atoms with Crippen molar-refractivity contribution in [1.82, 2.24) is 24.6 Å². The molecule has 4 aromatic rings. The Morgan fingerprint density at radius 3 is 2.50 bits per heavy atom. The topological polar surface area (TPSA) is 63.9 Å². The highest BCUT2D eigenvalue weighted by Crippen LogP contribution is 2.32. The first-order valence-corrected chi connectivity index (χ1v) is 10.8. The predicted octanol–water partition coefficient (Wildman–Crippen LogP) is 4.36. The van der Waals surface area contributed by atoms with E-state index in [0.29, 0.717) is 12.3 Å². The summed E-state index contributed by atoms with van der Waals surface area (Å²) in [5.74, 6) is 1.17. The summed E-state index contributed by atoms with van der Waals surface area (Å²) >= 11 is 1.41. The summed E-state index contributed by atoms with van der Waals surface area (Å²) in [4.78, 5) is 18.5. The maximum absolute atomic E-state index is 12.0. The largest absolute Gasteiger partial charge is 0.348 e. The number of carbonyl (C=O) groups is 1. The van der Waals surface area contributed by atoms with Crippen LogP contribution < -0.4 is 0 Å². The monoisotopic (exact) mass is 417 g/mol. The molecule has 30 heavy (non-hydrogen) atoms. The Hall–Kier alpha value is -3.19. The van der Waals surface area contributed by atoms with Gasteiger partial charge in [-0.2, -0.15) is 0 Å². The molecule has 2 aromatic carbocycles. The minimum Gasteiger partial charge on any atom is -0.348 e. The Bertz CT molecular complexity index is 1190. The maximum atomic E-state index is 12.0. The van der Waals surface area contributed by atoms with E-state index in [1.165, 1.54) is 11.8 Å². The second-order valence-corrected chi connectivity index (χ2v) is 8.01. The van der Waals surface area contributed by atoms with Crippen molar-refractivity contribution in [2.75, 3.05) is 19.8 Å². The van der Waals surface area contributed by atoms with Crippen molar-refractivity contribution >= 4 is 28.6 Å². The van der Waals surface area contributed by atoms with Crippen molar-refractivity contribution in [2.45, 2.75) is 18.6 Å². The number of para-hydroxylation sites is 1. The molecule has 0 N–H and O–H groups in total. The van der Waals surface area contributed by atoms with E-state index in [2.05, 4.69) is 46.0 Å². The van der Waals surface area contributed by atoms with E-state index in [9.17, 15) is 4.79 Å². The number of hydrogen-bond donors (Lipinski definition) is 0. The van der Waals surface area contributed by atoms with Crippen LogP contribution in [0.15, 0.2) is 65.8 Å². The fourth-order valence-electron chi connectivity index (χ4n) is 3.25. The molecule has 0 aliphatic heterocycles. The van der Waals surface area contributed by atoms with Gasteiger partial charge in [-0.05, 0) is 19.1 Å². The quantitative estimate of drug-likeness (QED) is 0.436. The smallest absolute Gasteiger partial charge is 0.232 e. The fraction of sp³-hybridized carbons (Fsp3) is 0.217. The molecule has 0 aliphatic rings. The SMILES string of the molecule is CCn1c(SCC(=O)N(C)C)nnc1-c1cc(-c2ccccc2)nc2ccccc12.